The highest BCUT2D eigenvalue weighted by Crippen LogP contribution is 2.28. The predicted molar refractivity (Wildman–Crippen MR) is 89.8 cm³/mol. The molecule has 2 rings (SSSR count). The molecule has 0 radical (unpaired) electrons. The van der Waals surface area contributed by atoms with Crippen LogP contribution < -0.4 is 4.72 Å². The van der Waals surface area contributed by atoms with Crippen molar-refractivity contribution in [2.24, 2.45) is 0 Å². The number of halogens is 2. The normalized spacial score (nSPS) is 11.1. The minimum Gasteiger partial charge on any atom is -0.465 e. The van der Waals surface area contributed by atoms with Crippen LogP contribution >= 0.6 is 23.2 Å². The minimum atomic E-state index is -3.96. The first-order valence-electron chi connectivity index (χ1n) is 6.41. The van der Waals surface area contributed by atoms with Crippen LogP contribution in [0.1, 0.15) is 15.9 Å². The van der Waals surface area contributed by atoms with E-state index in [-0.39, 0.29) is 26.2 Å². The standard InChI is InChI=1S/C15H13Cl2NO4S/c1-9-3-4-10(15(19)22-2)7-13(9)18-23(20,21)14-8-11(16)5-6-12(14)17/h3-8,18H,1-2H3. The van der Waals surface area contributed by atoms with E-state index in [1.54, 1.807) is 19.1 Å². The molecule has 2 aromatic carbocycles. The number of esters is 1. The third-order valence-corrected chi connectivity index (χ3v) is 5.17. The lowest BCUT2D eigenvalue weighted by Crippen LogP contribution is -2.15. The monoisotopic (exact) mass is 373 g/mol. The van der Waals surface area contributed by atoms with E-state index in [0.29, 0.717) is 5.56 Å². The highest BCUT2D eigenvalue weighted by Gasteiger charge is 2.20. The van der Waals surface area contributed by atoms with Gasteiger partial charge in [0.15, 0.2) is 0 Å². The molecule has 1 N–H and O–H groups in total. The summed E-state index contributed by atoms with van der Waals surface area (Å²) in [6, 6.07) is 8.71. The number of benzene rings is 2. The average molecular weight is 374 g/mol. The fourth-order valence-electron chi connectivity index (χ4n) is 1.86. The van der Waals surface area contributed by atoms with Gasteiger partial charge >= 0.3 is 5.97 Å². The van der Waals surface area contributed by atoms with E-state index in [1.165, 1.54) is 31.4 Å². The van der Waals surface area contributed by atoms with Crippen molar-refractivity contribution < 1.29 is 17.9 Å². The van der Waals surface area contributed by atoms with Crippen molar-refractivity contribution >= 4 is 44.9 Å². The lowest BCUT2D eigenvalue weighted by molar-refractivity contribution is 0.0601. The van der Waals surface area contributed by atoms with Crippen LogP contribution in [0, 0.1) is 6.92 Å². The number of rotatable bonds is 4. The van der Waals surface area contributed by atoms with E-state index >= 15 is 0 Å². The SMILES string of the molecule is COC(=O)c1ccc(C)c(NS(=O)(=O)c2cc(Cl)ccc2Cl)c1. The highest BCUT2D eigenvalue weighted by molar-refractivity contribution is 7.92. The summed E-state index contributed by atoms with van der Waals surface area (Å²) < 4.78 is 32.1. The average Bonchev–Trinajstić information content (AvgIpc) is 2.50. The Labute approximate surface area is 144 Å². The zero-order valence-corrected chi connectivity index (χ0v) is 14.6. The number of nitrogens with one attached hydrogen (secondary N) is 1. The molecule has 0 aliphatic heterocycles. The van der Waals surface area contributed by atoms with Gasteiger partial charge in [0.25, 0.3) is 10.0 Å². The molecule has 8 heteroatoms. The van der Waals surface area contributed by atoms with Gasteiger partial charge in [-0.05, 0) is 42.8 Å². The third-order valence-electron chi connectivity index (χ3n) is 3.09. The van der Waals surface area contributed by atoms with Gasteiger partial charge < -0.3 is 4.74 Å². The number of hydrogen-bond acceptors (Lipinski definition) is 4. The second-order valence-corrected chi connectivity index (χ2v) is 7.20. The Kier molecular flexibility index (Phi) is 5.19. The topological polar surface area (TPSA) is 72.5 Å². The van der Waals surface area contributed by atoms with Crippen molar-refractivity contribution in [1.82, 2.24) is 0 Å². The largest absolute Gasteiger partial charge is 0.465 e. The molecule has 0 spiro atoms. The first kappa shape index (κ1) is 17.6. The van der Waals surface area contributed by atoms with Crippen LogP contribution in [0.4, 0.5) is 5.69 Å². The predicted octanol–water partition coefficient (Wildman–Crippen LogP) is 3.89. The van der Waals surface area contributed by atoms with E-state index < -0.39 is 16.0 Å². The van der Waals surface area contributed by atoms with Crippen LogP contribution in [0.5, 0.6) is 0 Å². The number of anilines is 1. The molecule has 0 aromatic heterocycles. The van der Waals surface area contributed by atoms with Gasteiger partial charge in [-0.15, -0.1) is 0 Å². The molecule has 0 saturated heterocycles. The molecule has 0 atom stereocenters. The summed E-state index contributed by atoms with van der Waals surface area (Å²) in [5.41, 5.74) is 1.12. The van der Waals surface area contributed by atoms with Gasteiger partial charge in [-0.25, -0.2) is 13.2 Å². The fraction of sp³-hybridized carbons (Fsp3) is 0.133. The molecule has 0 aliphatic rings. The van der Waals surface area contributed by atoms with Gasteiger partial charge in [0.05, 0.1) is 23.4 Å². The van der Waals surface area contributed by atoms with Gasteiger partial charge in [-0.1, -0.05) is 29.3 Å². The molecule has 0 unspecified atom stereocenters. The second-order valence-electron chi connectivity index (χ2n) is 4.70. The lowest BCUT2D eigenvalue weighted by Gasteiger charge is -2.13. The van der Waals surface area contributed by atoms with Crippen LogP contribution in [-0.2, 0) is 14.8 Å². The van der Waals surface area contributed by atoms with Gasteiger partial charge in [0.2, 0.25) is 0 Å². The summed E-state index contributed by atoms with van der Waals surface area (Å²) >= 11 is 11.8. The number of hydrogen-bond donors (Lipinski definition) is 1. The number of aryl methyl sites for hydroxylation is 1. The Morgan fingerprint density at radius 2 is 1.83 bits per heavy atom. The maximum Gasteiger partial charge on any atom is 0.337 e. The molecular formula is C15H13Cl2NO4S. The molecule has 0 amide bonds. The summed E-state index contributed by atoms with van der Waals surface area (Å²) in [6.45, 7) is 1.71. The van der Waals surface area contributed by atoms with Gasteiger partial charge in [0, 0.05) is 5.02 Å². The number of sulfonamides is 1. The van der Waals surface area contributed by atoms with E-state index in [9.17, 15) is 13.2 Å². The quantitative estimate of drug-likeness (QED) is 0.825. The molecule has 0 saturated carbocycles. The maximum absolute atomic E-state index is 12.5. The Morgan fingerprint density at radius 3 is 2.48 bits per heavy atom. The first-order valence-corrected chi connectivity index (χ1v) is 8.65. The van der Waals surface area contributed by atoms with Crippen molar-refractivity contribution in [2.75, 3.05) is 11.8 Å². The van der Waals surface area contributed by atoms with Gasteiger partial charge in [0.1, 0.15) is 4.90 Å². The Morgan fingerprint density at radius 1 is 1.13 bits per heavy atom. The van der Waals surface area contributed by atoms with Crippen LogP contribution in [-0.4, -0.2) is 21.5 Å². The molecule has 5 nitrogen and oxygen atoms in total. The summed E-state index contributed by atoms with van der Waals surface area (Å²) in [4.78, 5) is 11.4. The fourth-order valence-corrected chi connectivity index (χ4v) is 3.74. The van der Waals surface area contributed by atoms with E-state index in [4.69, 9.17) is 23.2 Å². The Hall–Kier alpha value is -1.76. The zero-order chi connectivity index (χ0) is 17.2. The van der Waals surface area contributed by atoms with Crippen LogP contribution in [0.25, 0.3) is 0 Å². The van der Waals surface area contributed by atoms with Crippen molar-refractivity contribution in [3.8, 4) is 0 Å². The smallest absolute Gasteiger partial charge is 0.337 e. The molecule has 0 fully saturated rings. The van der Waals surface area contributed by atoms with Gasteiger partial charge in [-0.3, -0.25) is 4.72 Å². The second kappa shape index (κ2) is 6.78. The molecular weight excluding hydrogens is 361 g/mol. The number of carbonyl (C=O) groups is 1. The number of ether oxygens (including phenoxy) is 1. The first-order chi connectivity index (χ1) is 10.7. The van der Waals surface area contributed by atoms with Crippen molar-refractivity contribution in [3.63, 3.8) is 0 Å². The van der Waals surface area contributed by atoms with Crippen molar-refractivity contribution in [1.29, 1.82) is 0 Å². The maximum atomic E-state index is 12.5. The van der Waals surface area contributed by atoms with E-state index in [2.05, 4.69) is 9.46 Å². The minimum absolute atomic E-state index is 0.0451. The van der Waals surface area contributed by atoms with Crippen LogP contribution in [0.2, 0.25) is 10.0 Å². The summed E-state index contributed by atoms with van der Waals surface area (Å²) in [6.07, 6.45) is 0. The Bertz CT molecular complexity index is 866. The molecule has 0 aliphatic carbocycles. The number of methoxy groups -OCH3 is 1. The van der Waals surface area contributed by atoms with E-state index in [0.717, 1.165) is 0 Å². The molecule has 0 bridgehead atoms. The summed E-state index contributed by atoms with van der Waals surface area (Å²) in [5.74, 6) is -0.564. The Balaban J connectivity index is 2.45. The molecule has 23 heavy (non-hydrogen) atoms. The summed E-state index contributed by atoms with van der Waals surface area (Å²) in [5, 5.41) is 0.290. The molecule has 122 valence electrons. The number of carbonyl (C=O) groups excluding carboxylic acids is 1. The van der Waals surface area contributed by atoms with Crippen molar-refractivity contribution in [2.45, 2.75) is 11.8 Å². The van der Waals surface area contributed by atoms with Gasteiger partial charge in [-0.2, -0.15) is 0 Å². The lowest BCUT2D eigenvalue weighted by atomic mass is 10.1. The summed E-state index contributed by atoms with van der Waals surface area (Å²) in [7, 11) is -2.71. The third kappa shape index (κ3) is 3.96. The highest BCUT2D eigenvalue weighted by atomic mass is 35.5. The molecule has 0 heterocycles. The van der Waals surface area contributed by atoms with E-state index in [1.807, 2.05) is 0 Å². The van der Waals surface area contributed by atoms with Crippen LogP contribution in [0.15, 0.2) is 41.3 Å². The van der Waals surface area contributed by atoms with Crippen molar-refractivity contribution in [3.05, 3.63) is 57.6 Å². The zero-order valence-electron chi connectivity index (χ0n) is 12.3. The van der Waals surface area contributed by atoms with Crippen LogP contribution in [0.3, 0.4) is 0 Å². The molecule has 2 aromatic rings.